The Hall–Kier alpha value is -2.93. The van der Waals surface area contributed by atoms with Crippen LogP contribution in [-0.2, 0) is 6.54 Å². The molecule has 1 saturated carbocycles. The molecule has 0 spiro atoms. The van der Waals surface area contributed by atoms with Gasteiger partial charge in [-0.25, -0.2) is 13.8 Å². The molecule has 0 amide bonds. The van der Waals surface area contributed by atoms with Crippen LogP contribution in [0.1, 0.15) is 24.8 Å². The summed E-state index contributed by atoms with van der Waals surface area (Å²) in [4.78, 5) is 4.56. The first-order valence-corrected chi connectivity index (χ1v) is 9.78. The van der Waals surface area contributed by atoms with Crippen LogP contribution in [0.25, 0.3) is 11.3 Å². The number of benzene rings is 2. The molecule has 29 heavy (non-hydrogen) atoms. The Morgan fingerprint density at radius 2 is 1.93 bits per heavy atom. The number of halogens is 3. The predicted octanol–water partition coefficient (Wildman–Crippen LogP) is 5.12. The van der Waals surface area contributed by atoms with Gasteiger partial charge < -0.3 is 10.6 Å². The quantitative estimate of drug-likeness (QED) is 0.400. The third kappa shape index (κ3) is 4.92. The van der Waals surface area contributed by atoms with Crippen molar-refractivity contribution in [3.8, 4) is 11.3 Å². The highest BCUT2D eigenvalue weighted by Gasteiger charge is 2.19. The highest BCUT2D eigenvalue weighted by Crippen LogP contribution is 2.21. The molecule has 0 radical (unpaired) electrons. The third-order valence-corrected chi connectivity index (χ3v) is 5.14. The summed E-state index contributed by atoms with van der Waals surface area (Å²) >= 11 is 5.74. The molecular weight excluding hydrogens is 396 g/mol. The number of hydrogen-bond donors (Lipinski definition) is 3. The van der Waals surface area contributed by atoms with Crippen molar-refractivity contribution in [1.82, 2.24) is 15.5 Å². The van der Waals surface area contributed by atoms with Gasteiger partial charge in [0.2, 0.25) is 0 Å². The monoisotopic (exact) mass is 415 g/mol. The molecule has 0 saturated heterocycles. The lowest BCUT2D eigenvalue weighted by molar-refractivity contribution is 0.383. The van der Waals surface area contributed by atoms with Crippen LogP contribution < -0.4 is 10.6 Å². The molecular formula is C21H20ClF2N5. The van der Waals surface area contributed by atoms with Gasteiger partial charge in [-0.2, -0.15) is 5.10 Å². The molecule has 0 bridgehead atoms. The maximum absolute atomic E-state index is 13.7. The Balaban J connectivity index is 1.49. The number of guanidine groups is 1. The highest BCUT2D eigenvalue weighted by atomic mass is 35.5. The van der Waals surface area contributed by atoms with Crippen molar-refractivity contribution in [2.45, 2.75) is 31.8 Å². The van der Waals surface area contributed by atoms with Gasteiger partial charge in [0, 0.05) is 12.1 Å². The zero-order valence-corrected chi connectivity index (χ0v) is 16.3. The van der Waals surface area contributed by atoms with Gasteiger partial charge >= 0.3 is 0 Å². The summed E-state index contributed by atoms with van der Waals surface area (Å²) in [5.41, 5.74) is 2.31. The lowest BCUT2D eigenvalue weighted by atomic mass is 9.93. The van der Waals surface area contributed by atoms with Crippen LogP contribution in [0, 0.1) is 11.6 Å². The summed E-state index contributed by atoms with van der Waals surface area (Å²) in [5.74, 6) is 0.404. The van der Waals surface area contributed by atoms with Crippen LogP contribution in [0.3, 0.4) is 0 Å². The Bertz CT molecular complexity index is 1010. The fraction of sp³-hybridized carbons (Fsp3) is 0.238. The van der Waals surface area contributed by atoms with Gasteiger partial charge in [-0.05, 0) is 66.8 Å². The van der Waals surface area contributed by atoms with Crippen molar-refractivity contribution in [2.24, 2.45) is 4.99 Å². The first kappa shape index (κ1) is 19.4. The SMILES string of the molecule is Fc1ccc(-c2cc(NC(=NCc3ccc(Cl)c(F)c3)NC3CCC3)n[nH]2)cc1. The lowest BCUT2D eigenvalue weighted by Crippen LogP contribution is -2.43. The number of nitrogens with zero attached hydrogens (tertiary/aromatic N) is 2. The summed E-state index contributed by atoms with van der Waals surface area (Å²) in [6, 6.07) is 13.0. The van der Waals surface area contributed by atoms with Crippen LogP contribution in [0.2, 0.25) is 5.02 Å². The second-order valence-electron chi connectivity index (χ2n) is 6.98. The van der Waals surface area contributed by atoms with E-state index < -0.39 is 5.82 Å². The number of H-pyrrole nitrogens is 1. The van der Waals surface area contributed by atoms with E-state index >= 15 is 0 Å². The summed E-state index contributed by atoms with van der Waals surface area (Å²) in [6.07, 6.45) is 3.35. The molecule has 1 aromatic heterocycles. The van der Waals surface area contributed by atoms with Crippen LogP contribution in [0.5, 0.6) is 0 Å². The standard InChI is InChI=1S/C21H20ClF2N5/c22-17-9-4-13(10-18(17)24)12-25-21(26-16-2-1-3-16)27-20-11-19(28-29-20)14-5-7-15(23)8-6-14/h4-11,16H,1-3,12H2,(H3,25,26,27,28,29). The Labute approximate surface area is 172 Å². The number of aromatic nitrogens is 2. The molecule has 0 unspecified atom stereocenters. The predicted molar refractivity (Wildman–Crippen MR) is 111 cm³/mol. The average molecular weight is 416 g/mol. The Morgan fingerprint density at radius 3 is 2.62 bits per heavy atom. The van der Waals surface area contributed by atoms with Crippen LogP contribution >= 0.6 is 11.6 Å². The van der Waals surface area contributed by atoms with Gasteiger partial charge in [0.15, 0.2) is 11.8 Å². The minimum Gasteiger partial charge on any atom is -0.353 e. The van der Waals surface area contributed by atoms with E-state index in [1.807, 2.05) is 6.07 Å². The van der Waals surface area contributed by atoms with Crippen molar-refractivity contribution < 1.29 is 8.78 Å². The third-order valence-electron chi connectivity index (χ3n) is 4.83. The van der Waals surface area contributed by atoms with E-state index in [-0.39, 0.29) is 10.8 Å². The number of rotatable bonds is 5. The largest absolute Gasteiger partial charge is 0.353 e. The fourth-order valence-corrected chi connectivity index (χ4v) is 3.08. The minimum absolute atomic E-state index is 0.0912. The van der Waals surface area contributed by atoms with E-state index in [1.165, 1.54) is 30.7 Å². The summed E-state index contributed by atoms with van der Waals surface area (Å²) < 4.78 is 26.8. The van der Waals surface area contributed by atoms with Gasteiger partial charge in [-0.15, -0.1) is 0 Å². The lowest BCUT2D eigenvalue weighted by Gasteiger charge is -2.28. The molecule has 1 heterocycles. The maximum atomic E-state index is 13.7. The van der Waals surface area contributed by atoms with E-state index in [0.717, 1.165) is 29.7 Å². The van der Waals surface area contributed by atoms with Crippen molar-refractivity contribution in [2.75, 3.05) is 5.32 Å². The fourth-order valence-electron chi connectivity index (χ4n) is 2.96. The number of hydrogen-bond acceptors (Lipinski definition) is 2. The number of aromatic amines is 1. The van der Waals surface area contributed by atoms with E-state index in [1.54, 1.807) is 18.2 Å². The number of anilines is 1. The molecule has 1 aliphatic rings. The molecule has 3 N–H and O–H groups in total. The molecule has 4 rings (SSSR count). The molecule has 8 heteroatoms. The second-order valence-corrected chi connectivity index (χ2v) is 7.39. The first-order valence-electron chi connectivity index (χ1n) is 9.40. The molecule has 2 aromatic carbocycles. The molecule has 5 nitrogen and oxygen atoms in total. The average Bonchev–Trinajstić information content (AvgIpc) is 3.14. The number of nitrogens with one attached hydrogen (secondary N) is 3. The number of aliphatic imine (C=N–C) groups is 1. The summed E-state index contributed by atoms with van der Waals surface area (Å²) in [5, 5.41) is 13.8. The van der Waals surface area contributed by atoms with Crippen LogP contribution in [0.4, 0.5) is 14.6 Å². The molecule has 3 aromatic rings. The summed E-state index contributed by atoms with van der Waals surface area (Å²) in [6.45, 7) is 0.297. The normalized spacial score (nSPS) is 14.5. The van der Waals surface area contributed by atoms with E-state index in [4.69, 9.17) is 11.6 Å². The molecule has 1 aliphatic carbocycles. The van der Waals surface area contributed by atoms with E-state index in [9.17, 15) is 8.78 Å². The zero-order chi connectivity index (χ0) is 20.2. The Morgan fingerprint density at radius 1 is 1.14 bits per heavy atom. The topological polar surface area (TPSA) is 65.1 Å². The maximum Gasteiger partial charge on any atom is 0.197 e. The van der Waals surface area contributed by atoms with Crippen molar-refractivity contribution in [1.29, 1.82) is 0 Å². The van der Waals surface area contributed by atoms with Gasteiger partial charge in [0.1, 0.15) is 11.6 Å². The second kappa shape index (κ2) is 8.61. The molecule has 1 fully saturated rings. The molecule has 150 valence electrons. The Kier molecular flexibility index (Phi) is 5.76. The smallest absolute Gasteiger partial charge is 0.197 e. The van der Waals surface area contributed by atoms with Crippen molar-refractivity contribution in [3.63, 3.8) is 0 Å². The van der Waals surface area contributed by atoms with Gasteiger partial charge in [0.25, 0.3) is 0 Å². The van der Waals surface area contributed by atoms with E-state index in [0.29, 0.717) is 24.4 Å². The van der Waals surface area contributed by atoms with Gasteiger partial charge in [0.05, 0.1) is 17.3 Å². The molecule has 0 atom stereocenters. The van der Waals surface area contributed by atoms with Gasteiger partial charge in [-0.3, -0.25) is 5.10 Å². The van der Waals surface area contributed by atoms with Crippen molar-refractivity contribution >= 4 is 23.4 Å². The highest BCUT2D eigenvalue weighted by molar-refractivity contribution is 6.30. The zero-order valence-electron chi connectivity index (χ0n) is 15.6. The van der Waals surface area contributed by atoms with Crippen molar-refractivity contribution in [3.05, 3.63) is 70.8 Å². The molecule has 0 aliphatic heterocycles. The first-order chi connectivity index (χ1) is 14.1. The summed E-state index contributed by atoms with van der Waals surface area (Å²) in [7, 11) is 0. The minimum atomic E-state index is -0.461. The van der Waals surface area contributed by atoms with E-state index in [2.05, 4.69) is 25.8 Å². The van der Waals surface area contributed by atoms with Gasteiger partial charge in [-0.1, -0.05) is 17.7 Å². The van der Waals surface area contributed by atoms with Crippen LogP contribution in [0.15, 0.2) is 53.5 Å². The van der Waals surface area contributed by atoms with Crippen LogP contribution in [-0.4, -0.2) is 22.2 Å².